The van der Waals surface area contributed by atoms with Crippen molar-refractivity contribution in [3.63, 3.8) is 0 Å². The highest BCUT2D eigenvalue weighted by Crippen LogP contribution is 2.27. The van der Waals surface area contributed by atoms with Gasteiger partial charge in [0.05, 0.1) is 18.7 Å². The van der Waals surface area contributed by atoms with E-state index in [4.69, 9.17) is 15.0 Å². The number of aromatic nitrogens is 5. The Morgan fingerprint density at radius 1 is 1.38 bits per heavy atom. The molecule has 2 aromatic heterocycles. The second-order valence-corrected chi connectivity index (χ2v) is 5.58. The lowest BCUT2D eigenvalue weighted by Gasteiger charge is -2.09. The number of para-hydroxylation sites is 1. The summed E-state index contributed by atoms with van der Waals surface area (Å²) in [5.41, 5.74) is 6.18. The van der Waals surface area contributed by atoms with Crippen molar-refractivity contribution in [3.05, 3.63) is 36.0 Å². The third-order valence-electron chi connectivity index (χ3n) is 3.69. The zero-order valence-corrected chi connectivity index (χ0v) is 14.4. The first-order valence-corrected chi connectivity index (χ1v) is 8.00. The first-order valence-electron chi connectivity index (χ1n) is 8.00. The Kier molecular flexibility index (Phi) is 5.11. The maximum atomic E-state index is 12.1. The number of nitrogens with zero attached hydrogens (tertiary/aromatic N) is 4. The van der Waals surface area contributed by atoms with Crippen LogP contribution < -0.4 is 15.8 Å². The first kappa shape index (κ1) is 17.4. The van der Waals surface area contributed by atoms with E-state index in [1.807, 2.05) is 24.3 Å². The molecule has 0 aliphatic carbocycles. The van der Waals surface area contributed by atoms with Crippen LogP contribution in [-0.2, 0) is 11.2 Å². The van der Waals surface area contributed by atoms with Crippen molar-refractivity contribution >= 4 is 11.9 Å². The Balaban J connectivity index is 1.57. The Bertz CT molecular complexity index is 889. The summed E-state index contributed by atoms with van der Waals surface area (Å²) in [6.45, 7) is 1.78. The van der Waals surface area contributed by atoms with Gasteiger partial charge in [0.1, 0.15) is 11.6 Å². The highest BCUT2D eigenvalue weighted by molar-refractivity contribution is 5.76. The quantitative estimate of drug-likeness (QED) is 0.573. The number of nitrogens with two attached hydrogens (primary N) is 1. The number of carbonyl (C=O) groups is 1. The topological polar surface area (TPSA) is 145 Å². The molecule has 1 amide bonds. The minimum atomic E-state index is -0.334. The molecule has 0 saturated heterocycles. The predicted octanol–water partition coefficient (Wildman–Crippen LogP) is 1.26. The van der Waals surface area contributed by atoms with Crippen molar-refractivity contribution in [1.29, 1.82) is 0 Å². The molecule has 0 bridgehead atoms. The molecule has 26 heavy (non-hydrogen) atoms. The Morgan fingerprint density at radius 2 is 2.19 bits per heavy atom. The van der Waals surface area contributed by atoms with Crippen LogP contribution in [0.4, 0.5) is 5.95 Å². The minimum absolute atomic E-state index is 0.135. The van der Waals surface area contributed by atoms with E-state index in [9.17, 15) is 4.79 Å². The van der Waals surface area contributed by atoms with Gasteiger partial charge >= 0.3 is 0 Å². The second kappa shape index (κ2) is 7.64. The Labute approximate surface area is 149 Å². The van der Waals surface area contributed by atoms with Gasteiger partial charge in [-0.1, -0.05) is 17.3 Å². The zero-order valence-electron chi connectivity index (χ0n) is 14.4. The number of rotatable bonds is 7. The van der Waals surface area contributed by atoms with Crippen molar-refractivity contribution in [2.75, 3.05) is 12.8 Å². The number of hydrogen-bond acceptors (Lipinski definition) is 8. The lowest BCUT2D eigenvalue weighted by Crippen LogP contribution is -2.27. The number of amides is 1. The number of methoxy groups -OCH3 is 1. The number of H-pyrrole nitrogens is 1. The van der Waals surface area contributed by atoms with Gasteiger partial charge in [0.25, 0.3) is 0 Å². The maximum Gasteiger partial charge on any atom is 0.239 e. The number of nitrogens with one attached hydrogen (secondary N) is 2. The molecule has 10 heteroatoms. The van der Waals surface area contributed by atoms with Gasteiger partial charge in [-0.25, -0.2) is 0 Å². The van der Waals surface area contributed by atoms with E-state index in [0.717, 1.165) is 5.56 Å². The van der Waals surface area contributed by atoms with Crippen LogP contribution in [0.15, 0.2) is 28.8 Å². The third kappa shape index (κ3) is 3.97. The van der Waals surface area contributed by atoms with Gasteiger partial charge in [-0.2, -0.15) is 9.97 Å². The second-order valence-electron chi connectivity index (χ2n) is 5.58. The molecule has 136 valence electrons. The van der Waals surface area contributed by atoms with Crippen LogP contribution in [0.2, 0.25) is 0 Å². The van der Waals surface area contributed by atoms with Gasteiger partial charge in [0, 0.05) is 12.8 Å². The van der Waals surface area contributed by atoms with E-state index in [1.54, 1.807) is 14.0 Å². The lowest BCUT2D eigenvalue weighted by molar-refractivity contribution is -0.121. The van der Waals surface area contributed by atoms with Crippen molar-refractivity contribution in [1.82, 2.24) is 30.6 Å². The highest BCUT2D eigenvalue weighted by atomic mass is 16.5. The summed E-state index contributed by atoms with van der Waals surface area (Å²) in [5.74, 6) is 1.89. The average Bonchev–Trinajstić information content (AvgIpc) is 3.29. The van der Waals surface area contributed by atoms with E-state index in [1.165, 1.54) is 0 Å². The smallest absolute Gasteiger partial charge is 0.239 e. The van der Waals surface area contributed by atoms with Gasteiger partial charge in [-0.3, -0.25) is 9.89 Å². The number of ether oxygens (including phenoxy) is 1. The molecule has 0 aliphatic rings. The standard InChI is InChI=1S/C16H19N7O3/c1-9(14-20-16(17)22-21-14)18-12(24)7-8-13-19-15(23-26-13)10-5-3-4-6-11(10)25-2/h3-6,9H,7-8H2,1-2H3,(H,18,24)(H3,17,20,21,22)/t9-/m1/s1. The Morgan fingerprint density at radius 3 is 2.92 bits per heavy atom. The van der Waals surface area contributed by atoms with Gasteiger partial charge in [0.15, 0.2) is 0 Å². The molecule has 3 aromatic rings. The fourth-order valence-corrected chi connectivity index (χ4v) is 2.38. The molecule has 3 rings (SSSR count). The van der Waals surface area contributed by atoms with Crippen LogP contribution in [0.5, 0.6) is 5.75 Å². The molecule has 0 saturated carbocycles. The van der Waals surface area contributed by atoms with Crippen molar-refractivity contribution < 1.29 is 14.1 Å². The molecule has 1 atom stereocenters. The maximum absolute atomic E-state index is 12.1. The number of carbonyl (C=O) groups excluding carboxylic acids is 1. The molecule has 10 nitrogen and oxygen atoms in total. The van der Waals surface area contributed by atoms with E-state index >= 15 is 0 Å². The molecule has 0 aliphatic heterocycles. The summed E-state index contributed by atoms with van der Waals surface area (Å²) >= 11 is 0. The SMILES string of the molecule is COc1ccccc1-c1noc(CCC(=O)N[C@H](C)c2nc(N)n[nH]2)n1. The molecule has 4 N–H and O–H groups in total. The van der Waals surface area contributed by atoms with Crippen molar-refractivity contribution in [3.8, 4) is 17.1 Å². The summed E-state index contributed by atoms with van der Waals surface area (Å²) < 4.78 is 10.5. The van der Waals surface area contributed by atoms with Crippen LogP contribution >= 0.6 is 0 Å². The van der Waals surface area contributed by atoms with Gasteiger partial charge in [-0.15, -0.1) is 5.10 Å². The summed E-state index contributed by atoms with van der Waals surface area (Å²) in [5, 5.41) is 13.1. The highest BCUT2D eigenvalue weighted by Gasteiger charge is 2.16. The predicted molar refractivity (Wildman–Crippen MR) is 92.0 cm³/mol. The fraction of sp³-hybridized carbons (Fsp3) is 0.312. The van der Waals surface area contributed by atoms with E-state index in [0.29, 0.717) is 29.7 Å². The van der Waals surface area contributed by atoms with Crippen molar-refractivity contribution in [2.45, 2.75) is 25.8 Å². The number of anilines is 1. The Hall–Kier alpha value is -3.43. The van der Waals surface area contributed by atoms with Gasteiger partial charge in [0.2, 0.25) is 23.6 Å². The molecule has 0 spiro atoms. The number of aromatic amines is 1. The normalized spacial score (nSPS) is 11.9. The molecule has 0 radical (unpaired) electrons. The van der Waals surface area contributed by atoms with E-state index in [2.05, 4.69) is 30.6 Å². The molecule has 0 fully saturated rings. The van der Waals surface area contributed by atoms with Gasteiger partial charge < -0.3 is 20.3 Å². The largest absolute Gasteiger partial charge is 0.496 e. The third-order valence-corrected chi connectivity index (χ3v) is 3.69. The number of hydrogen-bond donors (Lipinski definition) is 3. The number of nitrogen functional groups attached to an aromatic ring is 1. The molecular formula is C16H19N7O3. The monoisotopic (exact) mass is 357 g/mol. The zero-order chi connectivity index (χ0) is 18.5. The first-order chi connectivity index (χ1) is 12.6. The lowest BCUT2D eigenvalue weighted by atomic mass is 10.2. The number of aryl methyl sites for hydroxylation is 1. The molecule has 0 unspecified atom stereocenters. The van der Waals surface area contributed by atoms with Crippen LogP contribution in [0.3, 0.4) is 0 Å². The van der Waals surface area contributed by atoms with Crippen LogP contribution in [0, 0.1) is 0 Å². The average molecular weight is 357 g/mol. The summed E-state index contributed by atoms with van der Waals surface area (Å²) in [6, 6.07) is 7.04. The van der Waals surface area contributed by atoms with Crippen LogP contribution in [-0.4, -0.2) is 38.3 Å². The molecule has 1 aromatic carbocycles. The molecular weight excluding hydrogens is 338 g/mol. The van der Waals surface area contributed by atoms with Crippen LogP contribution in [0.25, 0.3) is 11.4 Å². The summed E-state index contributed by atoms with van der Waals surface area (Å²) in [4.78, 5) is 20.4. The summed E-state index contributed by atoms with van der Waals surface area (Å²) in [7, 11) is 1.58. The van der Waals surface area contributed by atoms with E-state index in [-0.39, 0.29) is 24.3 Å². The minimum Gasteiger partial charge on any atom is -0.496 e. The summed E-state index contributed by atoms with van der Waals surface area (Å²) in [6.07, 6.45) is 0.515. The van der Waals surface area contributed by atoms with Gasteiger partial charge in [-0.05, 0) is 19.1 Å². The van der Waals surface area contributed by atoms with E-state index < -0.39 is 0 Å². The molecule has 2 heterocycles. The fourth-order valence-electron chi connectivity index (χ4n) is 2.38. The number of benzene rings is 1. The van der Waals surface area contributed by atoms with Crippen molar-refractivity contribution in [2.24, 2.45) is 0 Å². The van der Waals surface area contributed by atoms with Crippen LogP contribution in [0.1, 0.15) is 31.1 Å².